The molecule has 1 spiro atoms. The lowest BCUT2D eigenvalue weighted by Crippen LogP contribution is -2.41. The van der Waals surface area contributed by atoms with Gasteiger partial charge in [-0.3, -0.25) is 0 Å². The number of rotatable bonds is 2. The quantitative estimate of drug-likeness (QED) is 0.826. The van der Waals surface area contributed by atoms with Crippen LogP contribution in [0.25, 0.3) is 0 Å². The van der Waals surface area contributed by atoms with Crippen LogP contribution in [-0.4, -0.2) is 66.3 Å². The molecule has 0 saturated carbocycles. The summed E-state index contributed by atoms with van der Waals surface area (Å²) >= 11 is 0. The summed E-state index contributed by atoms with van der Waals surface area (Å²) in [5.41, 5.74) is -0.245. The summed E-state index contributed by atoms with van der Waals surface area (Å²) in [5.74, 6) is 0.627. The Morgan fingerprint density at radius 3 is 3.10 bits per heavy atom. The number of nitrogens with zero attached hydrogens (tertiary/aromatic N) is 3. The molecular formula is C15H21N3O3. The van der Waals surface area contributed by atoms with E-state index in [4.69, 9.17) is 9.47 Å². The van der Waals surface area contributed by atoms with Gasteiger partial charge in [-0.25, -0.2) is 9.78 Å². The fourth-order valence-corrected chi connectivity index (χ4v) is 3.04. The average Bonchev–Trinajstić information content (AvgIpc) is 3.07. The number of carbonyl (C=O) groups excluding carboxylic acids is 1. The number of amides is 2. The van der Waals surface area contributed by atoms with Crippen LogP contribution in [0.5, 0.6) is 5.88 Å². The van der Waals surface area contributed by atoms with Gasteiger partial charge >= 0.3 is 6.03 Å². The summed E-state index contributed by atoms with van der Waals surface area (Å²) < 4.78 is 11.8. The molecule has 6 heteroatoms. The fourth-order valence-electron chi connectivity index (χ4n) is 3.04. The lowest BCUT2D eigenvalue weighted by Gasteiger charge is -2.25. The molecule has 21 heavy (non-hydrogen) atoms. The van der Waals surface area contributed by atoms with E-state index in [0.717, 1.165) is 19.4 Å². The Morgan fingerprint density at radius 1 is 1.52 bits per heavy atom. The number of urea groups is 1. The number of hydrogen-bond acceptors (Lipinski definition) is 4. The van der Waals surface area contributed by atoms with E-state index in [-0.39, 0.29) is 17.7 Å². The molecule has 1 aromatic heterocycles. The lowest BCUT2D eigenvalue weighted by atomic mass is 9.98. The number of aromatic nitrogens is 1. The van der Waals surface area contributed by atoms with Crippen molar-refractivity contribution in [3.8, 4) is 5.88 Å². The molecule has 114 valence electrons. The summed E-state index contributed by atoms with van der Waals surface area (Å²) in [4.78, 5) is 19.6. The van der Waals surface area contributed by atoms with Gasteiger partial charge < -0.3 is 19.3 Å². The standard InChI is InChI=1S/C15H21N3O3/c1-17(2)14(19)18-8-6-15(11-18)9-12(10-20-15)21-13-5-3-4-7-16-13/h3-5,7,12H,6,8-11H2,1-2H3/t12-,15+/m0/s1. The number of ether oxygens (including phenoxy) is 2. The molecule has 2 saturated heterocycles. The number of hydrogen-bond donors (Lipinski definition) is 0. The Morgan fingerprint density at radius 2 is 2.38 bits per heavy atom. The first-order chi connectivity index (χ1) is 10.1. The molecule has 0 aromatic carbocycles. The fraction of sp³-hybridized carbons (Fsp3) is 0.600. The van der Waals surface area contributed by atoms with Crippen molar-refractivity contribution in [1.82, 2.24) is 14.8 Å². The van der Waals surface area contributed by atoms with Gasteiger partial charge in [0, 0.05) is 39.3 Å². The van der Waals surface area contributed by atoms with E-state index in [1.807, 2.05) is 23.1 Å². The maximum Gasteiger partial charge on any atom is 0.319 e. The molecule has 3 rings (SSSR count). The lowest BCUT2D eigenvalue weighted by molar-refractivity contribution is 0.0114. The topological polar surface area (TPSA) is 54.9 Å². The maximum absolute atomic E-state index is 12.0. The largest absolute Gasteiger partial charge is 0.472 e. The highest BCUT2D eigenvalue weighted by molar-refractivity contribution is 5.74. The first kappa shape index (κ1) is 14.1. The maximum atomic E-state index is 12.0. The van der Waals surface area contributed by atoms with E-state index in [1.54, 1.807) is 25.2 Å². The highest BCUT2D eigenvalue weighted by Gasteiger charge is 2.47. The van der Waals surface area contributed by atoms with Crippen molar-refractivity contribution in [2.75, 3.05) is 33.8 Å². The summed E-state index contributed by atoms with van der Waals surface area (Å²) in [6, 6.07) is 5.66. The van der Waals surface area contributed by atoms with Crippen LogP contribution in [0, 0.1) is 0 Å². The molecule has 2 fully saturated rings. The van der Waals surface area contributed by atoms with Gasteiger partial charge in [0.2, 0.25) is 5.88 Å². The molecular weight excluding hydrogens is 270 g/mol. The van der Waals surface area contributed by atoms with Crippen molar-refractivity contribution in [3.63, 3.8) is 0 Å². The summed E-state index contributed by atoms with van der Waals surface area (Å²) in [6.45, 7) is 1.94. The zero-order valence-electron chi connectivity index (χ0n) is 12.5. The zero-order valence-corrected chi connectivity index (χ0v) is 12.5. The van der Waals surface area contributed by atoms with E-state index in [9.17, 15) is 4.79 Å². The van der Waals surface area contributed by atoms with E-state index in [2.05, 4.69) is 4.98 Å². The summed E-state index contributed by atoms with van der Waals surface area (Å²) in [7, 11) is 3.55. The molecule has 0 unspecified atom stereocenters. The Bertz CT molecular complexity index is 508. The Labute approximate surface area is 124 Å². The van der Waals surface area contributed by atoms with Gasteiger partial charge in [0.1, 0.15) is 6.10 Å². The minimum absolute atomic E-state index is 0.00862. The molecule has 0 aliphatic carbocycles. The third kappa shape index (κ3) is 2.95. The monoisotopic (exact) mass is 291 g/mol. The Kier molecular flexibility index (Phi) is 3.71. The molecule has 2 amide bonds. The van der Waals surface area contributed by atoms with Crippen molar-refractivity contribution in [1.29, 1.82) is 0 Å². The SMILES string of the molecule is CN(C)C(=O)N1CC[C@@]2(C[C@H](Oc3ccccn3)CO2)C1. The molecule has 6 nitrogen and oxygen atoms in total. The van der Waals surface area contributed by atoms with Gasteiger partial charge in [0.15, 0.2) is 0 Å². The normalized spacial score (nSPS) is 28.1. The highest BCUT2D eigenvalue weighted by atomic mass is 16.6. The smallest absolute Gasteiger partial charge is 0.319 e. The van der Waals surface area contributed by atoms with Crippen molar-refractivity contribution < 1.29 is 14.3 Å². The van der Waals surface area contributed by atoms with Gasteiger partial charge in [-0.1, -0.05) is 6.07 Å². The van der Waals surface area contributed by atoms with E-state index < -0.39 is 0 Å². The minimum atomic E-state index is -0.245. The van der Waals surface area contributed by atoms with Crippen LogP contribution in [0.4, 0.5) is 4.79 Å². The van der Waals surface area contributed by atoms with Gasteiger partial charge in [-0.05, 0) is 12.5 Å². The van der Waals surface area contributed by atoms with Crippen molar-refractivity contribution in [2.45, 2.75) is 24.5 Å². The second-order valence-electron chi connectivity index (χ2n) is 5.95. The number of pyridine rings is 1. The number of carbonyl (C=O) groups is 1. The first-order valence-electron chi connectivity index (χ1n) is 7.26. The second kappa shape index (κ2) is 5.52. The Balaban J connectivity index is 1.58. The van der Waals surface area contributed by atoms with Crippen LogP contribution in [-0.2, 0) is 4.74 Å². The highest BCUT2D eigenvalue weighted by Crippen LogP contribution is 2.36. The van der Waals surface area contributed by atoms with Gasteiger partial charge in [-0.2, -0.15) is 0 Å². The molecule has 2 aliphatic heterocycles. The van der Waals surface area contributed by atoms with Gasteiger partial charge in [-0.15, -0.1) is 0 Å². The molecule has 2 atom stereocenters. The van der Waals surface area contributed by atoms with Crippen molar-refractivity contribution in [2.24, 2.45) is 0 Å². The van der Waals surface area contributed by atoms with Crippen LogP contribution in [0.3, 0.4) is 0 Å². The predicted octanol–water partition coefficient (Wildman–Crippen LogP) is 1.38. The van der Waals surface area contributed by atoms with Crippen LogP contribution in [0.1, 0.15) is 12.8 Å². The zero-order chi connectivity index (χ0) is 14.9. The average molecular weight is 291 g/mol. The Hall–Kier alpha value is -1.82. The molecule has 0 N–H and O–H groups in total. The van der Waals surface area contributed by atoms with E-state index in [1.165, 1.54) is 0 Å². The van der Waals surface area contributed by atoms with Crippen LogP contribution < -0.4 is 4.74 Å². The van der Waals surface area contributed by atoms with Crippen molar-refractivity contribution >= 4 is 6.03 Å². The molecule has 0 radical (unpaired) electrons. The minimum Gasteiger partial charge on any atom is -0.472 e. The van der Waals surface area contributed by atoms with E-state index >= 15 is 0 Å². The molecule has 0 bridgehead atoms. The van der Waals surface area contributed by atoms with E-state index in [0.29, 0.717) is 19.0 Å². The molecule has 1 aromatic rings. The summed E-state index contributed by atoms with van der Waals surface area (Å²) in [6.07, 6.45) is 3.40. The van der Waals surface area contributed by atoms with Crippen LogP contribution >= 0.6 is 0 Å². The number of likely N-dealkylation sites (tertiary alicyclic amines) is 1. The third-order valence-electron chi connectivity index (χ3n) is 4.07. The van der Waals surface area contributed by atoms with Crippen LogP contribution in [0.2, 0.25) is 0 Å². The molecule has 2 aliphatic rings. The predicted molar refractivity (Wildman–Crippen MR) is 77.2 cm³/mol. The van der Waals surface area contributed by atoms with Gasteiger partial charge in [0.05, 0.1) is 18.8 Å². The molecule has 3 heterocycles. The van der Waals surface area contributed by atoms with Crippen LogP contribution in [0.15, 0.2) is 24.4 Å². The second-order valence-corrected chi connectivity index (χ2v) is 5.95. The van der Waals surface area contributed by atoms with Gasteiger partial charge in [0.25, 0.3) is 0 Å². The first-order valence-corrected chi connectivity index (χ1v) is 7.26. The van der Waals surface area contributed by atoms with Crippen molar-refractivity contribution in [3.05, 3.63) is 24.4 Å². The summed E-state index contributed by atoms with van der Waals surface area (Å²) in [5, 5.41) is 0. The third-order valence-corrected chi connectivity index (χ3v) is 4.07.